The maximum absolute atomic E-state index is 12.2. The zero-order valence-electron chi connectivity index (χ0n) is 13.3. The first kappa shape index (κ1) is 15.6. The molecule has 0 unspecified atom stereocenters. The average Bonchev–Trinajstić information content (AvgIpc) is 3.18. The number of benzene rings is 1. The van der Waals surface area contributed by atoms with E-state index in [2.05, 4.69) is 34.3 Å². The largest absolute Gasteiger partial charge is 0.357 e. The van der Waals surface area contributed by atoms with Crippen molar-refractivity contribution in [2.75, 3.05) is 7.05 Å². The van der Waals surface area contributed by atoms with Crippen molar-refractivity contribution in [3.05, 3.63) is 52.1 Å². The number of carbonyl (C=O) groups excluding carboxylic acids is 1. The van der Waals surface area contributed by atoms with Crippen LogP contribution < -0.4 is 5.32 Å². The molecule has 0 bridgehead atoms. The van der Waals surface area contributed by atoms with Gasteiger partial charge >= 0.3 is 6.03 Å². The summed E-state index contributed by atoms with van der Waals surface area (Å²) in [4.78, 5) is 22.7. The first-order chi connectivity index (χ1) is 11.2. The van der Waals surface area contributed by atoms with Crippen LogP contribution in [-0.4, -0.2) is 27.9 Å². The lowest BCUT2D eigenvalue weighted by atomic mass is 10.2. The summed E-state index contributed by atoms with van der Waals surface area (Å²) >= 11 is 1.66. The number of hydrogen-bond acceptors (Lipinski definition) is 3. The van der Waals surface area contributed by atoms with Crippen LogP contribution in [0.4, 0.5) is 4.79 Å². The number of aryl methyl sites for hydroxylation is 1. The van der Waals surface area contributed by atoms with Crippen molar-refractivity contribution in [3.63, 3.8) is 0 Å². The third-order valence-corrected chi connectivity index (χ3v) is 4.81. The Bertz CT molecular complexity index is 775. The lowest BCUT2D eigenvalue weighted by Gasteiger charge is -2.16. The van der Waals surface area contributed by atoms with E-state index in [0.29, 0.717) is 13.1 Å². The highest BCUT2D eigenvalue weighted by Crippen LogP contribution is 2.16. The molecule has 2 N–H and O–H groups in total. The fourth-order valence-electron chi connectivity index (χ4n) is 2.39. The molecule has 0 saturated heterocycles. The summed E-state index contributed by atoms with van der Waals surface area (Å²) in [7, 11) is 1.79. The van der Waals surface area contributed by atoms with E-state index < -0.39 is 0 Å². The topological polar surface area (TPSA) is 61.0 Å². The zero-order valence-corrected chi connectivity index (χ0v) is 14.1. The molecule has 6 heteroatoms. The van der Waals surface area contributed by atoms with Gasteiger partial charge in [0.2, 0.25) is 0 Å². The fourth-order valence-corrected chi connectivity index (χ4v) is 3.31. The van der Waals surface area contributed by atoms with Crippen molar-refractivity contribution in [1.29, 1.82) is 0 Å². The molecule has 1 aromatic carbocycles. The van der Waals surface area contributed by atoms with E-state index in [1.807, 2.05) is 24.4 Å². The highest BCUT2D eigenvalue weighted by Gasteiger charge is 2.11. The first-order valence-electron chi connectivity index (χ1n) is 7.65. The summed E-state index contributed by atoms with van der Waals surface area (Å²) in [5, 5.41) is 5.05. The van der Waals surface area contributed by atoms with Gasteiger partial charge in [-0.1, -0.05) is 25.1 Å². The van der Waals surface area contributed by atoms with E-state index in [-0.39, 0.29) is 6.03 Å². The highest BCUT2D eigenvalue weighted by molar-refractivity contribution is 7.11. The Labute approximate surface area is 139 Å². The van der Waals surface area contributed by atoms with Gasteiger partial charge in [-0.3, -0.25) is 0 Å². The van der Waals surface area contributed by atoms with Crippen molar-refractivity contribution < 1.29 is 4.79 Å². The van der Waals surface area contributed by atoms with Crippen LogP contribution in [0.25, 0.3) is 10.9 Å². The Hall–Kier alpha value is -2.34. The Kier molecular flexibility index (Phi) is 4.62. The van der Waals surface area contributed by atoms with Crippen LogP contribution in [0.1, 0.15) is 22.5 Å². The predicted octanol–water partition coefficient (Wildman–Crippen LogP) is 3.53. The van der Waals surface area contributed by atoms with E-state index in [1.165, 1.54) is 4.88 Å². The first-order valence-corrected chi connectivity index (χ1v) is 8.46. The van der Waals surface area contributed by atoms with Gasteiger partial charge in [-0.2, -0.15) is 0 Å². The Balaban J connectivity index is 1.55. The minimum Gasteiger partial charge on any atom is -0.357 e. The number of para-hydroxylation sites is 1. The summed E-state index contributed by atoms with van der Waals surface area (Å²) in [6.45, 7) is 3.12. The van der Waals surface area contributed by atoms with Gasteiger partial charge in [0.05, 0.1) is 13.1 Å². The summed E-state index contributed by atoms with van der Waals surface area (Å²) in [6, 6.07) is 10.0. The monoisotopic (exact) mass is 328 g/mol. The molecule has 23 heavy (non-hydrogen) atoms. The van der Waals surface area contributed by atoms with Crippen LogP contribution in [-0.2, 0) is 19.5 Å². The molecule has 5 nitrogen and oxygen atoms in total. The SMILES string of the molecule is CCc1cnc(CN(C)C(=O)NCc2cc3ccccc3[nH]2)s1. The predicted molar refractivity (Wildman–Crippen MR) is 93.5 cm³/mol. The number of rotatable bonds is 5. The maximum Gasteiger partial charge on any atom is 0.317 e. The quantitative estimate of drug-likeness (QED) is 0.753. The minimum atomic E-state index is -0.100. The number of aromatic nitrogens is 2. The third kappa shape index (κ3) is 3.71. The second-order valence-electron chi connectivity index (χ2n) is 5.47. The van der Waals surface area contributed by atoms with Crippen LogP contribution in [0, 0.1) is 0 Å². The minimum absolute atomic E-state index is 0.100. The number of aromatic amines is 1. The van der Waals surface area contributed by atoms with E-state index in [9.17, 15) is 4.79 Å². The van der Waals surface area contributed by atoms with Crippen molar-refractivity contribution in [1.82, 2.24) is 20.2 Å². The zero-order chi connectivity index (χ0) is 16.2. The molecule has 0 atom stereocenters. The average molecular weight is 328 g/mol. The van der Waals surface area contributed by atoms with E-state index in [0.717, 1.165) is 28.0 Å². The van der Waals surface area contributed by atoms with Gasteiger partial charge in [0.1, 0.15) is 5.01 Å². The molecule has 2 amide bonds. The molecule has 0 aliphatic rings. The van der Waals surface area contributed by atoms with E-state index >= 15 is 0 Å². The van der Waals surface area contributed by atoms with E-state index in [4.69, 9.17) is 0 Å². The second-order valence-corrected chi connectivity index (χ2v) is 6.67. The number of amides is 2. The lowest BCUT2D eigenvalue weighted by molar-refractivity contribution is 0.206. The van der Waals surface area contributed by atoms with Crippen molar-refractivity contribution in [3.8, 4) is 0 Å². The summed E-state index contributed by atoms with van der Waals surface area (Å²) in [5.74, 6) is 0. The van der Waals surface area contributed by atoms with Crippen molar-refractivity contribution in [2.45, 2.75) is 26.4 Å². The van der Waals surface area contributed by atoms with E-state index in [1.54, 1.807) is 23.3 Å². The third-order valence-electron chi connectivity index (χ3n) is 3.68. The molecule has 0 aliphatic heterocycles. The number of urea groups is 1. The molecule has 0 spiro atoms. The summed E-state index contributed by atoms with van der Waals surface area (Å²) in [5.41, 5.74) is 2.08. The number of carbonyl (C=O) groups is 1. The number of fused-ring (bicyclic) bond motifs is 1. The molecular weight excluding hydrogens is 308 g/mol. The molecule has 120 valence electrons. The van der Waals surface area contributed by atoms with Gasteiger partial charge < -0.3 is 15.2 Å². The van der Waals surface area contributed by atoms with Crippen molar-refractivity contribution in [2.24, 2.45) is 0 Å². The van der Waals surface area contributed by atoms with Gasteiger partial charge in [0.15, 0.2) is 0 Å². The summed E-state index contributed by atoms with van der Waals surface area (Å²) in [6.07, 6.45) is 2.87. The molecule has 0 fully saturated rings. The number of nitrogens with zero attached hydrogens (tertiary/aromatic N) is 2. The van der Waals surface area contributed by atoms with Gasteiger partial charge in [-0.15, -0.1) is 11.3 Å². The fraction of sp³-hybridized carbons (Fsp3) is 0.294. The van der Waals surface area contributed by atoms with Crippen LogP contribution in [0.15, 0.2) is 36.5 Å². The molecule has 3 aromatic rings. The highest BCUT2D eigenvalue weighted by atomic mass is 32.1. The Morgan fingerprint density at radius 1 is 1.39 bits per heavy atom. The van der Waals surface area contributed by atoms with Crippen LogP contribution in [0.2, 0.25) is 0 Å². The molecule has 0 saturated carbocycles. The van der Waals surface area contributed by atoms with Crippen molar-refractivity contribution >= 4 is 28.3 Å². The molecule has 0 radical (unpaired) electrons. The normalized spacial score (nSPS) is 10.9. The van der Waals surface area contributed by atoms with Gasteiger partial charge in [0.25, 0.3) is 0 Å². The van der Waals surface area contributed by atoms with Crippen LogP contribution >= 0.6 is 11.3 Å². The number of nitrogens with one attached hydrogen (secondary N) is 2. The Morgan fingerprint density at radius 3 is 2.96 bits per heavy atom. The molecule has 2 heterocycles. The van der Waals surface area contributed by atoms with Crippen LogP contribution in [0.3, 0.4) is 0 Å². The van der Waals surface area contributed by atoms with Crippen LogP contribution in [0.5, 0.6) is 0 Å². The summed E-state index contributed by atoms with van der Waals surface area (Å²) < 4.78 is 0. The van der Waals surface area contributed by atoms with Gasteiger partial charge in [-0.05, 0) is 23.9 Å². The number of H-pyrrole nitrogens is 1. The Morgan fingerprint density at radius 2 is 2.22 bits per heavy atom. The second kappa shape index (κ2) is 6.83. The smallest absolute Gasteiger partial charge is 0.317 e. The maximum atomic E-state index is 12.2. The molecule has 2 aromatic heterocycles. The van der Waals surface area contributed by atoms with Gasteiger partial charge in [0, 0.05) is 29.3 Å². The lowest BCUT2D eigenvalue weighted by Crippen LogP contribution is -2.36. The van der Waals surface area contributed by atoms with Gasteiger partial charge in [-0.25, -0.2) is 9.78 Å². The molecule has 0 aliphatic carbocycles. The molecular formula is C17H20N4OS. The molecule has 3 rings (SSSR count). The number of hydrogen-bond donors (Lipinski definition) is 2. The number of thiazole rings is 1. The standard InChI is InChI=1S/C17H20N4OS/c1-3-14-10-18-16(23-14)11-21(2)17(22)19-9-13-8-12-6-4-5-7-15(12)20-13/h4-8,10,20H,3,9,11H2,1-2H3,(H,19,22).